The van der Waals surface area contributed by atoms with Gasteiger partial charge in [-0.3, -0.25) is 0 Å². The van der Waals surface area contributed by atoms with Gasteiger partial charge in [0.25, 0.3) is 10.0 Å². The van der Waals surface area contributed by atoms with Gasteiger partial charge < -0.3 is 9.32 Å². The van der Waals surface area contributed by atoms with Gasteiger partial charge in [-0.05, 0) is 51.1 Å². The first-order valence-electron chi connectivity index (χ1n) is 9.41. The SMILES string of the molecule is Cc1cc(S(=O)(=O)n2cc(C3=CCN(C)CC3)c3cc(C(F)(F)F)ccc32)c(C)o1. The van der Waals surface area contributed by atoms with Crippen molar-refractivity contribution in [3.05, 3.63) is 59.2 Å². The van der Waals surface area contributed by atoms with Crippen LogP contribution in [0.1, 0.15) is 29.1 Å². The van der Waals surface area contributed by atoms with Crippen LogP contribution in [0.5, 0.6) is 0 Å². The maximum absolute atomic E-state index is 13.4. The van der Waals surface area contributed by atoms with Gasteiger partial charge in [-0.1, -0.05) is 6.08 Å². The van der Waals surface area contributed by atoms with Crippen molar-refractivity contribution in [1.82, 2.24) is 8.87 Å². The normalized spacial score (nSPS) is 16.3. The van der Waals surface area contributed by atoms with E-state index in [1.165, 1.54) is 18.3 Å². The van der Waals surface area contributed by atoms with E-state index in [4.69, 9.17) is 4.42 Å². The fourth-order valence-electron chi connectivity index (χ4n) is 3.82. The number of rotatable bonds is 3. The Balaban J connectivity index is 1.98. The summed E-state index contributed by atoms with van der Waals surface area (Å²) in [5.41, 5.74) is 0.739. The highest BCUT2D eigenvalue weighted by molar-refractivity contribution is 7.90. The fourth-order valence-corrected chi connectivity index (χ4v) is 5.41. The largest absolute Gasteiger partial charge is 0.465 e. The molecule has 0 bridgehead atoms. The lowest BCUT2D eigenvalue weighted by Crippen LogP contribution is -2.23. The lowest BCUT2D eigenvalue weighted by molar-refractivity contribution is -0.137. The van der Waals surface area contributed by atoms with Crippen molar-refractivity contribution in [3.8, 4) is 0 Å². The number of aromatic nitrogens is 1. The van der Waals surface area contributed by atoms with E-state index in [9.17, 15) is 21.6 Å². The van der Waals surface area contributed by atoms with Gasteiger partial charge in [-0.15, -0.1) is 0 Å². The number of hydrogen-bond acceptors (Lipinski definition) is 4. The Kier molecular flexibility index (Phi) is 4.85. The monoisotopic (exact) mass is 438 g/mol. The van der Waals surface area contributed by atoms with E-state index in [-0.39, 0.29) is 21.6 Å². The molecule has 1 aliphatic heterocycles. The molecule has 0 N–H and O–H groups in total. The molecule has 0 saturated heterocycles. The molecule has 1 aromatic carbocycles. The van der Waals surface area contributed by atoms with Crippen LogP contribution >= 0.6 is 0 Å². The predicted molar refractivity (Wildman–Crippen MR) is 108 cm³/mol. The van der Waals surface area contributed by atoms with E-state index in [0.717, 1.165) is 28.2 Å². The third-order valence-corrected chi connectivity index (χ3v) is 7.17. The standard InChI is InChI=1S/C21H21F3N2O3S/c1-13-10-20(14(2)29-13)30(27,28)26-12-18(15-6-8-25(3)9-7-15)17-11-16(21(22,23)24)4-5-19(17)26/h4-6,10-12H,7-9H2,1-3H3. The third-order valence-electron chi connectivity index (χ3n) is 5.39. The highest BCUT2D eigenvalue weighted by atomic mass is 32.2. The number of fused-ring (bicyclic) bond motifs is 1. The van der Waals surface area contributed by atoms with Crippen molar-refractivity contribution >= 4 is 26.5 Å². The summed E-state index contributed by atoms with van der Waals surface area (Å²) in [6.45, 7) is 4.58. The zero-order valence-electron chi connectivity index (χ0n) is 16.7. The van der Waals surface area contributed by atoms with Crippen LogP contribution in [0.2, 0.25) is 0 Å². The molecule has 0 radical (unpaired) electrons. The summed E-state index contributed by atoms with van der Waals surface area (Å²) in [5.74, 6) is 0.682. The van der Waals surface area contributed by atoms with Gasteiger partial charge in [0.2, 0.25) is 0 Å². The predicted octanol–water partition coefficient (Wildman–Crippen LogP) is 4.83. The topological polar surface area (TPSA) is 55.5 Å². The number of alkyl halides is 3. The summed E-state index contributed by atoms with van der Waals surface area (Å²) in [5, 5.41) is 0.266. The number of nitrogens with zero attached hydrogens (tertiary/aromatic N) is 2. The number of halogens is 3. The first-order valence-corrected chi connectivity index (χ1v) is 10.9. The summed E-state index contributed by atoms with van der Waals surface area (Å²) in [6.07, 6.45) is -0.538. The Morgan fingerprint density at radius 2 is 1.87 bits per heavy atom. The van der Waals surface area contributed by atoms with Gasteiger partial charge in [0, 0.05) is 36.3 Å². The number of hydrogen-bond donors (Lipinski definition) is 0. The first-order chi connectivity index (χ1) is 14.0. The molecule has 3 heterocycles. The Bertz CT molecular complexity index is 1270. The van der Waals surface area contributed by atoms with Crippen LogP contribution in [0.3, 0.4) is 0 Å². The van der Waals surface area contributed by atoms with Crippen molar-refractivity contribution in [2.75, 3.05) is 20.1 Å². The average Bonchev–Trinajstić information content (AvgIpc) is 3.22. The highest BCUT2D eigenvalue weighted by Crippen LogP contribution is 2.38. The smallest absolute Gasteiger partial charge is 0.416 e. The first kappa shape index (κ1) is 20.7. The maximum Gasteiger partial charge on any atom is 0.416 e. The van der Waals surface area contributed by atoms with Crippen molar-refractivity contribution in [3.63, 3.8) is 0 Å². The van der Waals surface area contributed by atoms with E-state index in [0.29, 0.717) is 24.3 Å². The van der Waals surface area contributed by atoms with Gasteiger partial charge in [-0.25, -0.2) is 12.4 Å². The van der Waals surface area contributed by atoms with Crippen molar-refractivity contribution in [2.45, 2.75) is 31.3 Å². The Hall–Kier alpha value is -2.52. The second-order valence-corrected chi connectivity index (χ2v) is 9.38. The summed E-state index contributed by atoms with van der Waals surface area (Å²) in [6, 6.07) is 4.59. The highest BCUT2D eigenvalue weighted by Gasteiger charge is 2.33. The molecule has 0 atom stereocenters. The van der Waals surface area contributed by atoms with E-state index in [2.05, 4.69) is 4.90 Å². The minimum atomic E-state index is -4.52. The van der Waals surface area contributed by atoms with Crippen LogP contribution in [-0.2, 0) is 16.2 Å². The number of benzene rings is 1. The summed E-state index contributed by atoms with van der Waals surface area (Å²) >= 11 is 0. The van der Waals surface area contributed by atoms with Gasteiger partial charge in [0.1, 0.15) is 16.4 Å². The molecule has 5 nitrogen and oxygen atoms in total. The van der Waals surface area contributed by atoms with Crippen LogP contribution in [0.25, 0.3) is 16.5 Å². The fraction of sp³-hybridized carbons (Fsp3) is 0.333. The van der Waals surface area contributed by atoms with Crippen LogP contribution < -0.4 is 0 Å². The van der Waals surface area contributed by atoms with Gasteiger partial charge in [0.05, 0.1) is 11.1 Å². The molecule has 1 aliphatic rings. The second kappa shape index (κ2) is 7.02. The number of likely N-dealkylation sites (N-methyl/N-ethyl adjacent to an activating group) is 1. The van der Waals surface area contributed by atoms with E-state index < -0.39 is 21.8 Å². The number of aryl methyl sites for hydroxylation is 2. The van der Waals surface area contributed by atoms with Gasteiger partial charge in [0.15, 0.2) is 0 Å². The molecule has 4 rings (SSSR count). The van der Waals surface area contributed by atoms with Crippen LogP contribution in [0.4, 0.5) is 13.2 Å². The Morgan fingerprint density at radius 1 is 1.13 bits per heavy atom. The molecule has 9 heteroatoms. The maximum atomic E-state index is 13.4. The second-order valence-electron chi connectivity index (χ2n) is 7.59. The third kappa shape index (κ3) is 3.45. The Labute approximate surface area is 172 Å². The average molecular weight is 438 g/mol. The summed E-state index contributed by atoms with van der Waals surface area (Å²) < 4.78 is 73.2. The molecule has 0 unspecified atom stereocenters. The zero-order valence-corrected chi connectivity index (χ0v) is 17.6. The lowest BCUT2D eigenvalue weighted by Gasteiger charge is -2.21. The Morgan fingerprint density at radius 3 is 2.43 bits per heavy atom. The molecule has 0 aliphatic carbocycles. The van der Waals surface area contributed by atoms with E-state index >= 15 is 0 Å². The van der Waals surface area contributed by atoms with E-state index in [1.54, 1.807) is 13.8 Å². The zero-order chi connectivity index (χ0) is 21.8. The molecule has 0 amide bonds. The lowest BCUT2D eigenvalue weighted by atomic mass is 9.98. The molecule has 160 valence electrons. The van der Waals surface area contributed by atoms with Crippen molar-refractivity contribution < 1.29 is 26.0 Å². The molecule has 3 aromatic rings. The minimum absolute atomic E-state index is 0.000653. The molecule has 0 fully saturated rings. The van der Waals surface area contributed by atoms with Crippen molar-refractivity contribution in [1.29, 1.82) is 0 Å². The molecule has 0 spiro atoms. The number of furan rings is 1. The van der Waals surface area contributed by atoms with Crippen LogP contribution in [-0.4, -0.2) is 37.4 Å². The molecular weight excluding hydrogens is 417 g/mol. The summed E-state index contributed by atoms with van der Waals surface area (Å²) in [7, 11) is -2.10. The summed E-state index contributed by atoms with van der Waals surface area (Å²) in [4.78, 5) is 2.08. The van der Waals surface area contributed by atoms with E-state index in [1.807, 2.05) is 13.1 Å². The molecular formula is C21H21F3N2O3S. The van der Waals surface area contributed by atoms with Gasteiger partial charge >= 0.3 is 6.18 Å². The molecule has 0 saturated carbocycles. The van der Waals surface area contributed by atoms with Crippen LogP contribution in [0.15, 0.2) is 45.9 Å². The minimum Gasteiger partial charge on any atom is -0.465 e. The van der Waals surface area contributed by atoms with Crippen molar-refractivity contribution in [2.24, 2.45) is 0 Å². The van der Waals surface area contributed by atoms with Gasteiger partial charge in [-0.2, -0.15) is 13.2 Å². The molecule has 2 aromatic heterocycles. The molecule has 30 heavy (non-hydrogen) atoms. The quantitative estimate of drug-likeness (QED) is 0.588. The van der Waals surface area contributed by atoms with Crippen LogP contribution in [0, 0.1) is 13.8 Å².